The van der Waals surface area contributed by atoms with Gasteiger partial charge in [-0.05, 0) is 40.9 Å². The van der Waals surface area contributed by atoms with E-state index in [9.17, 15) is 0 Å². The van der Waals surface area contributed by atoms with Gasteiger partial charge in [-0.2, -0.15) is 0 Å². The molecule has 0 aromatic heterocycles. The molecule has 0 heterocycles. The third-order valence-electron chi connectivity index (χ3n) is 2.24. The zero-order valence-electron chi connectivity index (χ0n) is 8.98. The van der Waals surface area contributed by atoms with Crippen LogP contribution in [0.25, 0.3) is 0 Å². The minimum atomic E-state index is 0.879. The first kappa shape index (κ1) is 11.4. The molecule has 2 nitrogen and oxygen atoms in total. The van der Waals surface area contributed by atoms with E-state index in [0.717, 1.165) is 33.5 Å². The Morgan fingerprint density at radius 1 is 1.29 bits per heavy atom. The van der Waals surface area contributed by atoms with Gasteiger partial charge in [0.25, 0.3) is 0 Å². The van der Waals surface area contributed by atoms with Gasteiger partial charge in [-0.15, -0.1) is 0 Å². The minimum absolute atomic E-state index is 0.879. The van der Waals surface area contributed by atoms with Crippen molar-refractivity contribution in [2.75, 3.05) is 14.2 Å². The first-order valence-corrected chi connectivity index (χ1v) is 5.34. The highest BCUT2D eigenvalue weighted by atomic mass is 79.9. The van der Waals surface area contributed by atoms with Gasteiger partial charge < -0.3 is 9.47 Å². The van der Waals surface area contributed by atoms with Gasteiger partial charge in [-0.3, -0.25) is 0 Å². The fourth-order valence-corrected chi connectivity index (χ4v) is 2.02. The van der Waals surface area contributed by atoms with E-state index in [1.165, 1.54) is 0 Å². The van der Waals surface area contributed by atoms with E-state index in [1.807, 2.05) is 13.0 Å². The third-order valence-corrected chi connectivity index (χ3v) is 3.23. The Balaban J connectivity index is 3.42. The van der Waals surface area contributed by atoms with E-state index in [-0.39, 0.29) is 0 Å². The first-order chi connectivity index (χ1) is 6.65. The summed E-state index contributed by atoms with van der Waals surface area (Å²) in [5.74, 6) is 1.77. The molecule has 1 aromatic carbocycles. The van der Waals surface area contributed by atoms with E-state index in [0.29, 0.717) is 0 Å². The third kappa shape index (κ3) is 1.87. The summed E-state index contributed by atoms with van der Waals surface area (Å²) in [4.78, 5) is 0. The molecular formula is C11H15BrO2. The Labute approximate surface area is 93.4 Å². The lowest BCUT2D eigenvalue weighted by atomic mass is 10.1. The van der Waals surface area contributed by atoms with Gasteiger partial charge in [-0.25, -0.2) is 0 Å². The Hall–Kier alpha value is -0.700. The van der Waals surface area contributed by atoms with Crippen LogP contribution in [0.3, 0.4) is 0 Å². The topological polar surface area (TPSA) is 18.5 Å². The first-order valence-electron chi connectivity index (χ1n) is 4.55. The van der Waals surface area contributed by atoms with Crippen LogP contribution in [0.4, 0.5) is 0 Å². The number of halogens is 1. The fraction of sp³-hybridized carbons (Fsp3) is 0.455. The zero-order valence-corrected chi connectivity index (χ0v) is 10.6. The molecule has 3 heteroatoms. The number of methoxy groups -OCH3 is 2. The van der Waals surface area contributed by atoms with Crippen LogP contribution in [0.15, 0.2) is 10.5 Å². The molecule has 0 aliphatic carbocycles. The molecule has 0 fully saturated rings. The predicted molar refractivity (Wildman–Crippen MR) is 61.4 cm³/mol. The number of benzene rings is 1. The molecule has 0 aliphatic rings. The van der Waals surface area contributed by atoms with Gasteiger partial charge in [0.1, 0.15) is 11.5 Å². The number of hydrogen-bond donors (Lipinski definition) is 0. The highest BCUT2D eigenvalue weighted by Crippen LogP contribution is 2.38. The molecule has 14 heavy (non-hydrogen) atoms. The molecule has 0 saturated carbocycles. The monoisotopic (exact) mass is 258 g/mol. The summed E-state index contributed by atoms with van der Waals surface area (Å²) in [7, 11) is 3.36. The fourth-order valence-electron chi connectivity index (χ4n) is 1.50. The summed E-state index contributed by atoms with van der Waals surface area (Å²) in [5, 5.41) is 0. The summed E-state index contributed by atoms with van der Waals surface area (Å²) in [6.45, 7) is 4.11. The van der Waals surface area contributed by atoms with Crippen LogP contribution >= 0.6 is 15.9 Å². The number of rotatable bonds is 3. The van der Waals surface area contributed by atoms with Gasteiger partial charge in [0.15, 0.2) is 0 Å². The van der Waals surface area contributed by atoms with Crippen molar-refractivity contribution in [3.63, 3.8) is 0 Å². The molecule has 0 aliphatic heterocycles. The lowest BCUT2D eigenvalue weighted by Gasteiger charge is -2.15. The summed E-state index contributed by atoms with van der Waals surface area (Å²) >= 11 is 3.51. The van der Waals surface area contributed by atoms with Crippen molar-refractivity contribution in [2.24, 2.45) is 0 Å². The molecule has 0 bridgehead atoms. The zero-order chi connectivity index (χ0) is 10.7. The second-order valence-electron chi connectivity index (χ2n) is 3.08. The number of aryl methyl sites for hydroxylation is 1. The SMILES string of the molecule is CCc1c(OC)cc(C)c(Br)c1OC. The minimum Gasteiger partial charge on any atom is -0.496 e. The van der Waals surface area contributed by atoms with Crippen molar-refractivity contribution in [1.82, 2.24) is 0 Å². The molecule has 0 spiro atoms. The van der Waals surface area contributed by atoms with E-state index in [1.54, 1.807) is 14.2 Å². The van der Waals surface area contributed by atoms with Crippen LogP contribution in [-0.2, 0) is 6.42 Å². The van der Waals surface area contributed by atoms with Gasteiger partial charge in [0.05, 0.1) is 18.7 Å². The largest absolute Gasteiger partial charge is 0.496 e. The van der Waals surface area contributed by atoms with E-state index in [2.05, 4.69) is 22.9 Å². The summed E-state index contributed by atoms with van der Waals surface area (Å²) < 4.78 is 11.7. The van der Waals surface area contributed by atoms with E-state index < -0.39 is 0 Å². The average molecular weight is 259 g/mol. The Kier molecular flexibility index (Phi) is 3.81. The molecule has 0 amide bonds. The molecule has 78 valence electrons. The summed E-state index contributed by atoms with van der Waals surface area (Å²) in [5.41, 5.74) is 2.23. The molecule has 1 aromatic rings. The van der Waals surface area contributed by atoms with Gasteiger partial charge in [-0.1, -0.05) is 6.92 Å². The maximum atomic E-state index is 5.36. The second-order valence-corrected chi connectivity index (χ2v) is 3.87. The Bertz CT molecular complexity index is 335. The van der Waals surface area contributed by atoms with Crippen molar-refractivity contribution >= 4 is 15.9 Å². The highest BCUT2D eigenvalue weighted by Gasteiger charge is 2.14. The van der Waals surface area contributed by atoms with Crippen LogP contribution in [0.5, 0.6) is 11.5 Å². The normalized spacial score (nSPS) is 10.1. The standard InChI is InChI=1S/C11H15BrO2/c1-5-8-9(13-3)6-7(2)10(12)11(8)14-4/h6H,5H2,1-4H3. The van der Waals surface area contributed by atoms with E-state index >= 15 is 0 Å². The molecule has 0 unspecified atom stereocenters. The molecule has 0 N–H and O–H groups in total. The molecule has 1 rings (SSSR count). The van der Waals surface area contributed by atoms with Crippen molar-refractivity contribution in [1.29, 1.82) is 0 Å². The maximum Gasteiger partial charge on any atom is 0.140 e. The smallest absolute Gasteiger partial charge is 0.140 e. The van der Waals surface area contributed by atoms with Crippen LogP contribution in [0, 0.1) is 6.92 Å². The molecular weight excluding hydrogens is 244 g/mol. The van der Waals surface area contributed by atoms with Crippen molar-refractivity contribution < 1.29 is 9.47 Å². The van der Waals surface area contributed by atoms with Crippen LogP contribution in [-0.4, -0.2) is 14.2 Å². The molecule has 0 radical (unpaired) electrons. The van der Waals surface area contributed by atoms with Crippen LogP contribution in [0.1, 0.15) is 18.1 Å². The van der Waals surface area contributed by atoms with E-state index in [4.69, 9.17) is 9.47 Å². The van der Waals surface area contributed by atoms with Crippen LogP contribution in [0.2, 0.25) is 0 Å². The summed E-state index contributed by atoms with van der Waals surface area (Å²) in [6, 6.07) is 2.02. The van der Waals surface area contributed by atoms with Crippen molar-refractivity contribution in [2.45, 2.75) is 20.3 Å². The number of hydrogen-bond acceptors (Lipinski definition) is 2. The Morgan fingerprint density at radius 2 is 1.93 bits per heavy atom. The second kappa shape index (κ2) is 4.69. The van der Waals surface area contributed by atoms with Gasteiger partial charge in [0, 0.05) is 5.56 Å². The predicted octanol–water partition coefficient (Wildman–Crippen LogP) is 3.34. The summed E-state index contributed by atoms with van der Waals surface area (Å²) in [6.07, 6.45) is 0.894. The number of ether oxygens (including phenoxy) is 2. The highest BCUT2D eigenvalue weighted by molar-refractivity contribution is 9.10. The van der Waals surface area contributed by atoms with Crippen LogP contribution < -0.4 is 9.47 Å². The molecule has 0 saturated heterocycles. The lowest BCUT2D eigenvalue weighted by molar-refractivity contribution is 0.384. The maximum absolute atomic E-state index is 5.36. The van der Waals surface area contributed by atoms with Gasteiger partial charge in [0.2, 0.25) is 0 Å². The van der Waals surface area contributed by atoms with Gasteiger partial charge >= 0.3 is 0 Å². The molecule has 0 atom stereocenters. The lowest BCUT2D eigenvalue weighted by Crippen LogP contribution is -1.98. The van der Waals surface area contributed by atoms with Crippen molar-refractivity contribution in [3.8, 4) is 11.5 Å². The average Bonchev–Trinajstić information content (AvgIpc) is 2.20. The quantitative estimate of drug-likeness (QED) is 0.828. The Morgan fingerprint density at radius 3 is 2.36 bits per heavy atom. The van der Waals surface area contributed by atoms with Crippen molar-refractivity contribution in [3.05, 3.63) is 21.7 Å².